The number of hydrogen-bond donors (Lipinski definition) is 1. The van der Waals surface area contributed by atoms with Gasteiger partial charge in [0.25, 0.3) is 0 Å². The highest BCUT2D eigenvalue weighted by molar-refractivity contribution is 5.18. The fourth-order valence-electron chi connectivity index (χ4n) is 1.60. The highest BCUT2D eigenvalue weighted by atomic mass is 16.3. The molecule has 0 radical (unpaired) electrons. The van der Waals surface area contributed by atoms with Crippen LogP contribution in [0.4, 0.5) is 0 Å². The molecule has 2 heteroatoms. The molecule has 0 bridgehead atoms. The van der Waals surface area contributed by atoms with Crippen molar-refractivity contribution in [2.45, 2.75) is 32.7 Å². The van der Waals surface area contributed by atoms with Crippen molar-refractivity contribution in [2.24, 2.45) is 0 Å². The van der Waals surface area contributed by atoms with Gasteiger partial charge in [0.2, 0.25) is 0 Å². The average Bonchev–Trinajstić information content (AvgIpc) is 2.59. The number of allylic oxidation sites excluding steroid dienone is 1. The lowest BCUT2D eigenvalue weighted by Crippen LogP contribution is -2.20. The van der Waals surface area contributed by atoms with Gasteiger partial charge in [-0.15, -0.1) is 6.58 Å². The SMILES string of the molecule is C=CCCC(NCC)c1occc1C. The Morgan fingerprint density at radius 3 is 2.93 bits per heavy atom. The highest BCUT2D eigenvalue weighted by Gasteiger charge is 2.14. The molecule has 1 aromatic heterocycles. The Labute approximate surface area is 86.0 Å². The van der Waals surface area contributed by atoms with E-state index in [1.807, 2.05) is 12.1 Å². The molecular formula is C12H19NO. The van der Waals surface area contributed by atoms with E-state index < -0.39 is 0 Å². The number of rotatable bonds is 6. The molecule has 0 aliphatic rings. The van der Waals surface area contributed by atoms with Crippen LogP contribution in [0.2, 0.25) is 0 Å². The predicted octanol–water partition coefficient (Wildman–Crippen LogP) is 3.20. The van der Waals surface area contributed by atoms with Gasteiger partial charge in [0.1, 0.15) is 5.76 Å². The lowest BCUT2D eigenvalue weighted by molar-refractivity contribution is 0.401. The third kappa shape index (κ3) is 2.74. The molecule has 0 fully saturated rings. The van der Waals surface area contributed by atoms with Gasteiger partial charge in [-0.05, 0) is 37.9 Å². The van der Waals surface area contributed by atoms with Gasteiger partial charge < -0.3 is 9.73 Å². The topological polar surface area (TPSA) is 25.2 Å². The maximum Gasteiger partial charge on any atom is 0.123 e. The maximum atomic E-state index is 5.48. The molecule has 1 N–H and O–H groups in total. The summed E-state index contributed by atoms with van der Waals surface area (Å²) < 4.78 is 5.48. The van der Waals surface area contributed by atoms with Gasteiger partial charge in [0, 0.05) is 0 Å². The second kappa shape index (κ2) is 5.66. The molecule has 78 valence electrons. The first-order valence-corrected chi connectivity index (χ1v) is 5.17. The molecule has 2 nitrogen and oxygen atoms in total. The zero-order chi connectivity index (χ0) is 10.4. The van der Waals surface area contributed by atoms with E-state index in [1.54, 1.807) is 6.26 Å². The number of nitrogens with one attached hydrogen (secondary N) is 1. The normalized spacial score (nSPS) is 12.7. The molecule has 0 aromatic carbocycles. The first-order chi connectivity index (χ1) is 6.79. The van der Waals surface area contributed by atoms with Crippen molar-refractivity contribution in [3.63, 3.8) is 0 Å². The van der Waals surface area contributed by atoms with Gasteiger partial charge in [-0.2, -0.15) is 0 Å². The van der Waals surface area contributed by atoms with Crippen molar-refractivity contribution < 1.29 is 4.42 Å². The molecule has 0 aliphatic carbocycles. The van der Waals surface area contributed by atoms with Crippen molar-refractivity contribution in [2.75, 3.05) is 6.54 Å². The summed E-state index contributed by atoms with van der Waals surface area (Å²) in [5.41, 5.74) is 1.22. The van der Waals surface area contributed by atoms with Crippen molar-refractivity contribution in [1.29, 1.82) is 0 Å². The minimum atomic E-state index is 0.327. The largest absolute Gasteiger partial charge is 0.467 e. The Morgan fingerprint density at radius 1 is 1.64 bits per heavy atom. The molecule has 0 amide bonds. The highest BCUT2D eigenvalue weighted by Crippen LogP contribution is 2.22. The van der Waals surface area contributed by atoms with E-state index in [9.17, 15) is 0 Å². The summed E-state index contributed by atoms with van der Waals surface area (Å²) in [4.78, 5) is 0. The molecule has 0 saturated heterocycles. The standard InChI is InChI=1S/C12H19NO/c1-4-6-7-11(13-5-2)12-10(3)8-9-14-12/h4,8-9,11,13H,1,5-7H2,2-3H3. The Kier molecular flexibility index (Phi) is 4.47. The first-order valence-electron chi connectivity index (χ1n) is 5.17. The van der Waals surface area contributed by atoms with Crippen LogP contribution in [0.15, 0.2) is 29.4 Å². The van der Waals surface area contributed by atoms with Crippen LogP contribution in [0, 0.1) is 6.92 Å². The zero-order valence-corrected chi connectivity index (χ0v) is 9.05. The Morgan fingerprint density at radius 2 is 2.43 bits per heavy atom. The van der Waals surface area contributed by atoms with Crippen LogP contribution in [0.25, 0.3) is 0 Å². The summed E-state index contributed by atoms with van der Waals surface area (Å²) in [6, 6.07) is 2.33. The zero-order valence-electron chi connectivity index (χ0n) is 9.05. The van der Waals surface area contributed by atoms with Crippen molar-refractivity contribution in [1.82, 2.24) is 5.32 Å². The van der Waals surface area contributed by atoms with Gasteiger partial charge >= 0.3 is 0 Å². The fourth-order valence-corrected chi connectivity index (χ4v) is 1.60. The number of hydrogen-bond acceptors (Lipinski definition) is 2. The minimum Gasteiger partial charge on any atom is -0.467 e. The van der Waals surface area contributed by atoms with E-state index in [4.69, 9.17) is 4.42 Å². The quantitative estimate of drug-likeness (QED) is 0.702. The smallest absolute Gasteiger partial charge is 0.123 e. The molecule has 1 unspecified atom stereocenters. The van der Waals surface area contributed by atoms with Crippen LogP contribution < -0.4 is 5.32 Å². The molecule has 1 heterocycles. The van der Waals surface area contributed by atoms with Crippen LogP contribution in [0.5, 0.6) is 0 Å². The van der Waals surface area contributed by atoms with Crippen LogP contribution in [-0.2, 0) is 0 Å². The molecule has 1 rings (SSSR count). The average molecular weight is 193 g/mol. The Balaban J connectivity index is 2.66. The minimum absolute atomic E-state index is 0.327. The Bertz CT molecular complexity index is 278. The van der Waals surface area contributed by atoms with Crippen molar-refractivity contribution in [3.05, 3.63) is 36.3 Å². The molecular weight excluding hydrogens is 174 g/mol. The van der Waals surface area contributed by atoms with E-state index in [1.165, 1.54) is 5.56 Å². The van der Waals surface area contributed by atoms with E-state index >= 15 is 0 Å². The molecule has 0 spiro atoms. The summed E-state index contributed by atoms with van der Waals surface area (Å²) in [6.45, 7) is 8.89. The van der Waals surface area contributed by atoms with Gasteiger partial charge in [-0.1, -0.05) is 13.0 Å². The fraction of sp³-hybridized carbons (Fsp3) is 0.500. The van der Waals surface area contributed by atoms with Crippen LogP contribution >= 0.6 is 0 Å². The summed E-state index contributed by atoms with van der Waals surface area (Å²) in [7, 11) is 0. The van der Waals surface area contributed by atoms with Crippen molar-refractivity contribution in [3.8, 4) is 0 Å². The summed E-state index contributed by atoms with van der Waals surface area (Å²) in [5.74, 6) is 1.06. The van der Waals surface area contributed by atoms with Crippen LogP contribution in [0.3, 0.4) is 0 Å². The molecule has 0 aliphatic heterocycles. The third-order valence-corrected chi connectivity index (χ3v) is 2.33. The van der Waals surface area contributed by atoms with Crippen LogP contribution in [0.1, 0.15) is 37.1 Å². The predicted molar refractivity (Wildman–Crippen MR) is 59.3 cm³/mol. The summed E-state index contributed by atoms with van der Waals surface area (Å²) >= 11 is 0. The van der Waals surface area contributed by atoms with Crippen molar-refractivity contribution >= 4 is 0 Å². The molecule has 0 saturated carbocycles. The van der Waals surface area contributed by atoms with Gasteiger partial charge in [-0.3, -0.25) is 0 Å². The second-order valence-corrected chi connectivity index (χ2v) is 3.44. The molecule has 1 aromatic rings. The van der Waals surface area contributed by atoms with Gasteiger partial charge in [-0.25, -0.2) is 0 Å². The first kappa shape index (κ1) is 11.1. The second-order valence-electron chi connectivity index (χ2n) is 3.44. The molecule has 1 atom stereocenters. The lowest BCUT2D eigenvalue weighted by atomic mass is 10.1. The maximum absolute atomic E-state index is 5.48. The van der Waals surface area contributed by atoms with Gasteiger partial charge in [0.05, 0.1) is 12.3 Å². The molecule has 14 heavy (non-hydrogen) atoms. The summed E-state index contributed by atoms with van der Waals surface area (Å²) in [5, 5.41) is 3.42. The number of aryl methyl sites for hydroxylation is 1. The van der Waals surface area contributed by atoms with Gasteiger partial charge in [0.15, 0.2) is 0 Å². The third-order valence-electron chi connectivity index (χ3n) is 2.33. The van der Waals surface area contributed by atoms with E-state index in [0.29, 0.717) is 6.04 Å². The number of furan rings is 1. The van der Waals surface area contributed by atoms with E-state index in [2.05, 4.69) is 25.7 Å². The Hall–Kier alpha value is -1.02. The van der Waals surface area contributed by atoms with Crippen LogP contribution in [-0.4, -0.2) is 6.54 Å². The lowest BCUT2D eigenvalue weighted by Gasteiger charge is -2.15. The summed E-state index contributed by atoms with van der Waals surface area (Å²) in [6.07, 6.45) is 5.76. The monoisotopic (exact) mass is 193 g/mol. The van der Waals surface area contributed by atoms with E-state index in [-0.39, 0.29) is 0 Å². The van der Waals surface area contributed by atoms with E-state index in [0.717, 1.165) is 25.1 Å².